The Morgan fingerprint density at radius 2 is 1.63 bits per heavy atom. The van der Waals surface area contributed by atoms with E-state index in [1.807, 2.05) is 6.92 Å². The number of aliphatic hydroxyl groups is 1. The Morgan fingerprint density at radius 3 is 2.11 bits per heavy atom. The molecule has 1 aliphatic heterocycles. The van der Waals surface area contributed by atoms with Crippen LogP contribution in [0.3, 0.4) is 0 Å². The van der Waals surface area contributed by atoms with Crippen LogP contribution in [0, 0.1) is 0 Å². The Balaban J connectivity index is 1.96. The molecule has 1 aromatic carbocycles. The van der Waals surface area contributed by atoms with Gasteiger partial charge in [0.15, 0.2) is 0 Å². The van der Waals surface area contributed by atoms with Gasteiger partial charge in [-0.15, -0.1) is 0 Å². The van der Waals surface area contributed by atoms with Crippen molar-refractivity contribution in [3.63, 3.8) is 0 Å². The summed E-state index contributed by atoms with van der Waals surface area (Å²) in [6, 6.07) is 9.03. The van der Waals surface area contributed by atoms with Crippen LogP contribution in [0.25, 0.3) is 0 Å². The van der Waals surface area contributed by atoms with Crippen LogP contribution in [-0.4, -0.2) is 42.2 Å². The molecule has 1 saturated heterocycles. The van der Waals surface area contributed by atoms with E-state index < -0.39 is 0 Å². The molecule has 2 rings (SSSR count). The summed E-state index contributed by atoms with van der Waals surface area (Å²) in [5.74, 6) is 0. The van der Waals surface area contributed by atoms with Crippen LogP contribution in [0.2, 0.25) is 0 Å². The van der Waals surface area contributed by atoms with Gasteiger partial charge in [0, 0.05) is 37.9 Å². The van der Waals surface area contributed by atoms with Crippen LogP contribution < -0.4 is 4.90 Å². The first kappa shape index (κ1) is 14.4. The fourth-order valence-corrected chi connectivity index (χ4v) is 2.64. The van der Waals surface area contributed by atoms with Crippen LogP contribution in [0.4, 0.5) is 5.69 Å². The minimum atomic E-state index is -0.327. The van der Waals surface area contributed by atoms with Gasteiger partial charge >= 0.3 is 0 Å². The van der Waals surface area contributed by atoms with Gasteiger partial charge in [-0.05, 0) is 38.0 Å². The molecule has 3 nitrogen and oxygen atoms in total. The summed E-state index contributed by atoms with van der Waals surface area (Å²) in [6.45, 7) is 11.0. The zero-order valence-electron chi connectivity index (χ0n) is 12.3. The van der Waals surface area contributed by atoms with Crippen molar-refractivity contribution in [2.24, 2.45) is 0 Å². The van der Waals surface area contributed by atoms with Gasteiger partial charge in [-0.3, -0.25) is 4.90 Å². The van der Waals surface area contributed by atoms with Crippen molar-refractivity contribution in [1.29, 1.82) is 0 Å². The van der Waals surface area contributed by atoms with Crippen LogP contribution >= 0.6 is 0 Å². The lowest BCUT2D eigenvalue weighted by molar-refractivity contribution is 0.173. The first-order valence-corrected chi connectivity index (χ1v) is 7.39. The van der Waals surface area contributed by atoms with Crippen molar-refractivity contribution < 1.29 is 5.11 Å². The topological polar surface area (TPSA) is 26.7 Å². The second-order valence-corrected chi connectivity index (χ2v) is 5.63. The van der Waals surface area contributed by atoms with Crippen molar-refractivity contribution in [3.8, 4) is 0 Å². The Labute approximate surface area is 116 Å². The summed E-state index contributed by atoms with van der Waals surface area (Å²) < 4.78 is 0. The number of hydrogen-bond donors (Lipinski definition) is 1. The number of rotatable bonds is 4. The molecule has 0 aliphatic carbocycles. The molecule has 1 unspecified atom stereocenters. The third-order valence-electron chi connectivity index (χ3n) is 4.07. The molecule has 0 spiro atoms. The molecule has 1 aromatic rings. The van der Waals surface area contributed by atoms with Gasteiger partial charge in [0.05, 0.1) is 6.10 Å². The van der Waals surface area contributed by atoms with Gasteiger partial charge < -0.3 is 10.0 Å². The van der Waals surface area contributed by atoms with E-state index in [2.05, 4.69) is 47.9 Å². The largest absolute Gasteiger partial charge is 0.388 e. The van der Waals surface area contributed by atoms with Gasteiger partial charge in [-0.25, -0.2) is 0 Å². The average molecular weight is 262 g/mol. The van der Waals surface area contributed by atoms with E-state index in [9.17, 15) is 5.11 Å². The van der Waals surface area contributed by atoms with Crippen LogP contribution in [0.1, 0.15) is 38.9 Å². The smallest absolute Gasteiger partial charge is 0.0787 e. The highest BCUT2D eigenvalue weighted by Crippen LogP contribution is 2.22. The van der Waals surface area contributed by atoms with E-state index in [1.165, 1.54) is 5.69 Å². The van der Waals surface area contributed by atoms with Crippen molar-refractivity contribution >= 4 is 5.69 Å². The molecule has 1 atom stereocenters. The summed E-state index contributed by atoms with van der Waals surface area (Å²) in [5.41, 5.74) is 2.29. The second-order valence-electron chi connectivity index (χ2n) is 5.63. The van der Waals surface area contributed by atoms with Gasteiger partial charge in [-0.2, -0.15) is 0 Å². The van der Waals surface area contributed by atoms with E-state index in [0.717, 1.165) is 38.2 Å². The molecule has 106 valence electrons. The first-order chi connectivity index (χ1) is 9.11. The third kappa shape index (κ3) is 3.48. The second kappa shape index (κ2) is 6.40. The minimum Gasteiger partial charge on any atom is -0.388 e. The number of aliphatic hydroxyl groups excluding tert-OH is 1. The van der Waals surface area contributed by atoms with Crippen LogP contribution in [0.15, 0.2) is 24.3 Å². The molecule has 0 aromatic heterocycles. The number of hydrogen-bond acceptors (Lipinski definition) is 3. The predicted molar refractivity (Wildman–Crippen MR) is 80.6 cm³/mol. The molecular weight excluding hydrogens is 236 g/mol. The fourth-order valence-electron chi connectivity index (χ4n) is 2.64. The van der Waals surface area contributed by atoms with E-state index in [1.54, 1.807) is 0 Å². The quantitative estimate of drug-likeness (QED) is 0.903. The molecule has 1 heterocycles. The van der Waals surface area contributed by atoms with E-state index >= 15 is 0 Å². The highest BCUT2D eigenvalue weighted by atomic mass is 16.3. The molecule has 1 aliphatic rings. The Kier molecular flexibility index (Phi) is 4.83. The van der Waals surface area contributed by atoms with Crippen LogP contribution in [-0.2, 0) is 0 Å². The molecule has 1 N–H and O–H groups in total. The van der Waals surface area contributed by atoms with E-state index in [4.69, 9.17) is 0 Å². The Morgan fingerprint density at radius 1 is 1.05 bits per heavy atom. The standard InChI is InChI=1S/C16H26N2O/c1-4-16(19)14-5-7-15(8-6-14)18-11-9-17(10-12-18)13(2)3/h5-8,13,16,19H,4,9-12H2,1-3H3. The number of nitrogens with zero attached hydrogens (tertiary/aromatic N) is 2. The maximum absolute atomic E-state index is 9.81. The van der Waals surface area contributed by atoms with E-state index in [0.29, 0.717) is 6.04 Å². The minimum absolute atomic E-state index is 0.327. The normalized spacial score (nSPS) is 18.9. The molecule has 0 radical (unpaired) electrons. The third-order valence-corrected chi connectivity index (χ3v) is 4.07. The van der Waals surface area contributed by atoms with Crippen molar-refractivity contribution in [3.05, 3.63) is 29.8 Å². The highest BCUT2D eigenvalue weighted by molar-refractivity contribution is 5.48. The zero-order chi connectivity index (χ0) is 13.8. The first-order valence-electron chi connectivity index (χ1n) is 7.39. The van der Waals surface area contributed by atoms with Gasteiger partial charge in [-0.1, -0.05) is 19.1 Å². The number of benzene rings is 1. The molecule has 3 heteroatoms. The monoisotopic (exact) mass is 262 g/mol. The van der Waals surface area contributed by atoms with Gasteiger partial charge in [0.25, 0.3) is 0 Å². The molecule has 0 saturated carbocycles. The van der Waals surface area contributed by atoms with E-state index in [-0.39, 0.29) is 6.10 Å². The molecule has 1 fully saturated rings. The fraction of sp³-hybridized carbons (Fsp3) is 0.625. The zero-order valence-corrected chi connectivity index (χ0v) is 12.3. The molecule has 0 bridgehead atoms. The molecular formula is C16H26N2O. The lowest BCUT2D eigenvalue weighted by atomic mass is 10.1. The summed E-state index contributed by atoms with van der Waals surface area (Å²) in [5, 5.41) is 9.81. The Hall–Kier alpha value is -1.06. The maximum Gasteiger partial charge on any atom is 0.0787 e. The molecule has 0 amide bonds. The van der Waals surface area contributed by atoms with Crippen molar-refractivity contribution in [2.45, 2.75) is 39.3 Å². The number of anilines is 1. The summed E-state index contributed by atoms with van der Waals surface area (Å²) in [4.78, 5) is 4.95. The van der Waals surface area contributed by atoms with Gasteiger partial charge in [0.1, 0.15) is 0 Å². The van der Waals surface area contributed by atoms with Crippen molar-refractivity contribution in [2.75, 3.05) is 31.1 Å². The maximum atomic E-state index is 9.81. The Bertz CT molecular complexity index is 380. The summed E-state index contributed by atoms with van der Waals surface area (Å²) >= 11 is 0. The lowest BCUT2D eigenvalue weighted by Crippen LogP contribution is -2.48. The summed E-state index contributed by atoms with van der Waals surface area (Å²) in [6.07, 6.45) is 0.443. The highest BCUT2D eigenvalue weighted by Gasteiger charge is 2.18. The summed E-state index contributed by atoms with van der Waals surface area (Å²) in [7, 11) is 0. The SMILES string of the molecule is CCC(O)c1ccc(N2CCN(C(C)C)CC2)cc1. The number of piperazine rings is 1. The predicted octanol–water partition coefficient (Wildman–Crippen LogP) is 2.66. The average Bonchev–Trinajstić information content (AvgIpc) is 2.46. The lowest BCUT2D eigenvalue weighted by Gasteiger charge is -2.38. The van der Waals surface area contributed by atoms with Gasteiger partial charge in [0.2, 0.25) is 0 Å². The van der Waals surface area contributed by atoms with Crippen LogP contribution in [0.5, 0.6) is 0 Å². The molecule has 19 heavy (non-hydrogen) atoms. The van der Waals surface area contributed by atoms with Crippen molar-refractivity contribution in [1.82, 2.24) is 4.90 Å².